The van der Waals surface area contributed by atoms with E-state index in [2.05, 4.69) is 9.80 Å². The van der Waals surface area contributed by atoms with Gasteiger partial charge in [0.1, 0.15) is 0 Å². The normalized spacial score (nSPS) is 29.9. The Morgan fingerprint density at radius 3 is 2.54 bits per heavy atom. The lowest BCUT2D eigenvalue weighted by molar-refractivity contribution is 0.0424. The first-order chi connectivity index (χ1) is 11.5. The molecule has 0 saturated carbocycles. The van der Waals surface area contributed by atoms with Gasteiger partial charge in [0.2, 0.25) is 6.79 Å². The van der Waals surface area contributed by atoms with E-state index in [1.807, 2.05) is 18.2 Å². The summed E-state index contributed by atoms with van der Waals surface area (Å²) in [5.74, 6) is 1.57. The lowest BCUT2D eigenvalue weighted by atomic mass is 10.1. The highest BCUT2D eigenvalue weighted by Crippen LogP contribution is 2.33. The van der Waals surface area contributed by atoms with Crippen molar-refractivity contribution < 1.29 is 23.0 Å². The Morgan fingerprint density at radius 2 is 1.83 bits per heavy atom. The maximum Gasteiger partial charge on any atom is 0.231 e. The van der Waals surface area contributed by atoms with E-state index in [4.69, 9.17) is 9.47 Å². The number of benzene rings is 1. The molecule has 0 aliphatic carbocycles. The molecule has 1 aromatic carbocycles. The van der Waals surface area contributed by atoms with Gasteiger partial charge in [-0.2, -0.15) is 0 Å². The number of sulfone groups is 1. The Kier molecular flexibility index (Phi) is 4.16. The Balaban J connectivity index is 1.33. The lowest BCUT2D eigenvalue weighted by Crippen LogP contribution is -2.53. The number of ether oxygens (including phenoxy) is 2. The third-order valence-corrected chi connectivity index (χ3v) is 6.71. The minimum Gasteiger partial charge on any atom is -0.454 e. The summed E-state index contributed by atoms with van der Waals surface area (Å²) in [5.41, 5.74) is 1.18. The minimum atomic E-state index is -3.09. The van der Waals surface area contributed by atoms with Gasteiger partial charge in [-0.25, -0.2) is 8.42 Å². The molecule has 24 heavy (non-hydrogen) atoms. The van der Waals surface area contributed by atoms with E-state index in [9.17, 15) is 13.5 Å². The number of fused-ring (bicyclic) bond motifs is 1. The second kappa shape index (κ2) is 6.18. The molecule has 4 rings (SSSR count). The van der Waals surface area contributed by atoms with Crippen LogP contribution in [0.15, 0.2) is 18.2 Å². The Labute approximate surface area is 141 Å². The number of aliphatic hydroxyl groups excluding tert-OH is 1. The molecule has 0 radical (unpaired) electrons. The molecule has 8 heteroatoms. The number of rotatable bonds is 3. The molecule has 3 aliphatic rings. The second-order valence-corrected chi connectivity index (χ2v) is 8.87. The van der Waals surface area contributed by atoms with Crippen LogP contribution in [-0.2, 0) is 16.4 Å². The molecule has 0 aromatic heterocycles. The lowest BCUT2D eigenvalue weighted by Gasteiger charge is -2.38. The summed E-state index contributed by atoms with van der Waals surface area (Å²) in [6.45, 7) is 4.39. The van der Waals surface area contributed by atoms with Crippen LogP contribution in [0.25, 0.3) is 0 Å². The molecule has 0 spiro atoms. The van der Waals surface area contributed by atoms with E-state index in [0.29, 0.717) is 0 Å². The second-order valence-electron chi connectivity index (χ2n) is 6.71. The van der Waals surface area contributed by atoms with Crippen molar-refractivity contribution in [1.82, 2.24) is 9.80 Å². The van der Waals surface area contributed by atoms with Gasteiger partial charge in [-0.05, 0) is 17.7 Å². The fraction of sp³-hybridized carbons (Fsp3) is 0.625. The smallest absolute Gasteiger partial charge is 0.231 e. The summed E-state index contributed by atoms with van der Waals surface area (Å²) in [6.07, 6.45) is -0.754. The monoisotopic (exact) mass is 354 g/mol. The molecule has 0 bridgehead atoms. The number of piperazine rings is 1. The Hall–Kier alpha value is -1.35. The van der Waals surface area contributed by atoms with Crippen molar-refractivity contribution in [1.29, 1.82) is 0 Å². The van der Waals surface area contributed by atoms with Crippen molar-refractivity contribution in [2.75, 3.05) is 44.5 Å². The number of nitrogens with zero attached hydrogens (tertiary/aromatic N) is 2. The molecular formula is C16H22N2O5S. The van der Waals surface area contributed by atoms with E-state index in [-0.39, 0.29) is 24.3 Å². The topological polar surface area (TPSA) is 79.3 Å². The zero-order chi connectivity index (χ0) is 16.7. The van der Waals surface area contributed by atoms with Crippen LogP contribution in [0.2, 0.25) is 0 Å². The molecule has 2 atom stereocenters. The van der Waals surface area contributed by atoms with Crippen LogP contribution in [0.4, 0.5) is 0 Å². The van der Waals surface area contributed by atoms with Gasteiger partial charge in [-0.15, -0.1) is 0 Å². The Bertz CT molecular complexity index is 715. The van der Waals surface area contributed by atoms with Crippen LogP contribution in [0.3, 0.4) is 0 Å². The van der Waals surface area contributed by atoms with E-state index in [1.165, 1.54) is 5.56 Å². The van der Waals surface area contributed by atoms with Crippen LogP contribution in [-0.4, -0.2) is 79.9 Å². The molecule has 0 unspecified atom stereocenters. The SMILES string of the molecule is O=S1(=O)C[C@@H](O)[C@H](N2CCN(Cc3ccc4c(c3)OCO4)CC2)C1. The van der Waals surface area contributed by atoms with Crippen molar-refractivity contribution in [3.05, 3.63) is 23.8 Å². The summed E-state index contributed by atoms with van der Waals surface area (Å²) in [4.78, 5) is 4.45. The fourth-order valence-electron chi connectivity index (χ4n) is 3.71. The average molecular weight is 354 g/mol. The number of hydrogen-bond acceptors (Lipinski definition) is 7. The summed E-state index contributed by atoms with van der Waals surface area (Å²) >= 11 is 0. The van der Waals surface area contributed by atoms with Crippen molar-refractivity contribution >= 4 is 9.84 Å². The molecule has 2 fully saturated rings. The number of aliphatic hydroxyl groups is 1. The van der Waals surface area contributed by atoms with Crippen LogP contribution in [0.5, 0.6) is 11.5 Å². The molecule has 3 heterocycles. The van der Waals surface area contributed by atoms with Crippen molar-refractivity contribution in [2.45, 2.75) is 18.7 Å². The van der Waals surface area contributed by atoms with Gasteiger partial charge in [0, 0.05) is 32.7 Å². The zero-order valence-corrected chi connectivity index (χ0v) is 14.2. The first-order valence-electron chi connectivity index (χ1n) is 8.24. The fourth-order valence-corrected chi connectivity index (χ4v) is 5.54. The van der Waals surface area contributed by atoms with E-state index >= 15 is 0 Å². The van der Waals surface area contributed by atoms with Gasteiger partial charge < -0.3 is 14.6 Å². The summed E-state index contributed by atoms with van der Waals surface area (Å²) < 4.78 is 34.1. The van der Waals surface area contributed by atoms with E-state index in [0.717, 1.165) is 44.2 Å². The molecule has 1 aromatic rings. The van der Waals surface area contributed by atoms with Gasteiger partial charge in [0.05, 0.1) is 23.7 Å². The number of hydrogen-bond donors (Lipinski definition) is 1. The van der Waals surface area contributed by atoms with Crippen LogP contribution < -0.4 is 9.47 Å². The third kappa shape index (κ3) is 3.23. The minimum absolute atomic E-state index is 0.0797. The van der Waals surface area contributed by atoms with Crippen LogP contribution in [0, 0.1) is 0 Å². The summed E-state index contributed by atoms with van der Waals surface area (Å²) in [7, 11) is -3.09. The van der Waals surface area contributed by atoms with Crippen molar-refractivity contribution in [3.8, 4) is 11.5 Å². The quantitative estimate of drug-likeness (QED) is 0.798. The van der Waals surface area contributed by atoms with E-state index in [1.54, 1.807) is 0 Å². The highest BCUT2D eigenvalue weighted by atomic mass is 32.2. The summed E-state index contributed by atoms with van der Waals surface area (Å²) in [6, 6.07) is 5.76. The first kappa shape index (κ1) is 16.1. The van der Waals surface area contributed by atoms with Gasteiger partial charge >= 0.3 is 0 Å². The molecule has 7 nitrogen and oxygen atoms in total. The first-order valence-corrected chi connectivity index (χ1v) is 10.1. The maximum atomic E-state index is 11.7. The largest absolute Gasteiger partial charge is 0.454 e. The van der Waals surface area contributed by atoms with Gasteiger partial charge in [-0.1, -0.05) is 6.07 Å². The average Bonchev–Trinajstić information content (AvgIpc) is 3.11. The predicted molar refractivity (Wildman–Crippen MR) is 87.9 cm³/mol. The van der Waals surface area contributed by atoms with Crippen molar-refractivity contribution in [3.63, 3.8) is 0 Å². The van der Waals surface area contributed by atoms with Crippen LogP contribution >= 0.6 is 0 Å². The highest BCUT2D eigenvalue weighted by molar-refractivity contribution is 7.91. The molecule has 2 saturated heterocycles. The standard InChI is InChI=1S/C16H22N2O5S/c19-14-10-24(20,21)9-13(14)18-5-3-17(4-6-18)8-12-1-2-15-16(7-12)23-11-22-15/h1-2,7,13-14,19H,3-6,8-11H2/t13-,14-/m1/s1. The molecule has 0 amide bonds. The molecule has 132 valence electrons. The zero-order valence-electron chi connectivity index (χ0n) is 13.4. The molecular weight excluding hydrogens is 332 g/mol. The van der Waals surface area contributed by atoms with Gasteiger partial charge in [0.15, 0.2) is 21.3 Å². The maximum absolute atomic E-state index is 11.7. The Morgan fingerprint density at radius 1 is 1.08 bits per heavy atom. The summed E-state index contributed by atoms with van der Waals surface area (Å²) in [5, 5.41) is 10.0. The third-order valence-electron chi connectivity index (χ3n) is 5.01. The molecule has 3 aliphatic heterocycles. The molecule has 1 N–H and O–H groups in total. The highest BCUT2D eigenvalue weighted by Gasteiger charge is 2.40. The predicted octanol–water partition coefficient (Wildman–Crippen LogP) is -0.309. The van der Waals surface area contributed by atoms with Gasteiger partial charge in [0.25, 0.3) is 0 Å². The van der Waals surface area contributed by atoms with E-state index < -0.39 is 15.9 Å². The van der Waals surface area contributed by atoms with Crippen LogP contribution in [0.1, 0.15) is 5.56 Å². The van der Waals surface area contributed by atoms with Gasteiger partial charge in [-0.3, -0.25) is 9.80 Å². The van der Waals surface area contributed by atoms with Crippen molar-refractivity contribution in [2.24, 2.45) is 0 Å².